The number of rotatable bonds is 11. The molecule has 10 heteroatoms. The van der Waals surface area contributed by atoms with Crippen LogP contribution in [0.5, 0.6) is 0 Å². The van der Waals surface area contributed by atoms with Crippen LogP contribution in [0.3, 0.4) is 0 Å². The Hall–Kier alpha value is -3.07. The summed E-state index contributed by atoms with van der Waals surface area (Å²) in [4.78, 5) is 29.1. The van der Waals surface area contributed by atoms with Gasteiger partial charge in [0, 0.05) is 12.6 Å². The maximum absolute atomic E-state index is 14.1. The molecule has 0 saturated heterocycles. The molecule has 1 aliphatic carbocycles. The van der Waals surface area contributed by atoms with E-state index in [-0.39, 0.29) is 39.1 Å². The zero-order valence-corrected chi connectivity index (χ0v) is 25.6. The van der Waals surface area contributed by atoms with Gasteiger partial charge in [-0.15, -0.1) is 0 Å². The molecule has 218 valence electrons. The maximum Gasteiger partial charge on any atom is 0.264 e. The number of anilines is 1. The second-order valence-electron chi connectivity index (χ2n) is 10.3. The molecule has 0 aromatic heterocycles. The maximum atomic E-state index is 14.1. The zero-order valence-electron chi connectivity index (χ0n) is 23.2. The van der Waals surface area contributed by atoms with Crippen molar-refractivity contribution in [2.45, 2.75) is 69.5 Å². The molecule has 1 fully saturated rings. The first-order valence-electron chi connectivity index (χ1n) is 13.8. The molecule has 4 rings (SSSR count). The highest BCUT2D eigenvalue weighted by Gasteiger charge is 2.34. The minimum atomic E-state index is -4.19. The van der Waals surface area contributed by atoms with Crippen molar-refractivity contribution < 1.29 is 18.0 Å². The Morgan fingerprint density at radius 2 is 1.61 bits per heavy atom. The van der Waals surface area contributed by atoms with Crippen LogP contribution in [0.15, 0.2) is 77.7 Å². The minimum Gasteiger partial charge on any atom is -0.352 e. The van der Waals surface area contributed by atoms with Crippen molar-refractivity contribution in [1.29, 1.82) is 0 Å². The quantitative estimate of drug-likeness (QED) is 0.272. The van der Waals surface area contributed by atoms with E-state index in [4.69, 9.17) is 23.2 Å². The van der Waals surface area contributed by atoms with E-state index in [2.05, 4.69) is 5.32 Å². The normalized spacial score (nSPS) is 14.4. The lowest BCUT2D eigenvalue weighted by Crippen LogP contribution is -2.53. The second-order valence-corrected chi connectivity index (χ2v) is 13.0. The SMILES string of the molecule is CC[C@@H](C(=O)NC1CCCC1)N(Cc1ccccc1)C(=O)CN(c1ccc(Cl)c(Cl)c1)S(=O)(=O)c1ccc(C)cc1. The van der Waals surface area contributed by atoms with E-state index in [1.165, 1.54) is 35.2 Å². The van der Waals surface area contributed by atoms with E-state index in [9.17, 15) is 18.0 Å². The van der Waals surface area contributed by atoms with Gasteiger partial charge in [0.2, 0.25) is 11.8 Å². The first kappa shape index (κ1) is 30.9. The Morgan fingerprint density at radius 1 is 0.951 bits per heavy atom. The van der Waals surface area contributed by atoms with Gasteiger partial charge in [-0.1, -0.05) is 91.0 Å². The lowest BCUT2D eigenvalue weighted by atomic mass is 10.1. The standard InChI is InChI=1S/C31H35Cl2N3O4S/c1-3-29(31(38)34-24-11-7-8-12-24)35(20-23-9-5-4-6-10-23)30(37)21-36(25-15-18-27(32)28(33)19-25)41(39,40)26-16-13-22(2)14-17-26/h4-6,9-10,13-19,24,29H,3,7-8,11-12,20-21H2,1-2H3,(H,34,38)/t29-/m0/s1. The topological polar surface area (TPSA) is 86.8 Å². The van der Waals surface area contributed by atoms with Crippen LogP contribution in [0.25, 0.3) is 0 Å². The molecule has 7 nitrogen and oxygen atoms in total. The molecule has 3 aromatic rings. The summed E-state index contributed by atoms with van der Waals surface area (Å²) >= 11 is 12.4. The number of halogens is 2. The molecule has 0 aliphatic heterocycles. The van der Waals surface area contributed by atoms with E-state index < -0.39 is 28.5 Å². The fraction of sp³-hybridized carbons (Fsp3) is 0.355. The number of carbonyl (C=O) groups is 2. The summed E-state index contributed by atoms with van der Waals surface area (Å²) in [7, 11) is -4.19. The Labute approximate surface area is 252 Å². The number of carbonyl (C=O) groups excluding carboxylic acids is 2. The smallest absolute Gasteiger partial charge is 0.264 e. The molecular weight excluding hydrogens is 581 g/mol. The summed E-state index contributed by atoms with van der Waals surface area (Å²) in [6.07, 6.45) is 4.31. The minimum absolute atomic E-state index is 0.0302. The molecule has 0 heterocycles. The van der Waals surface area contributed by atoms with Gasteiger partial charge in [0.1, 0.15) is 12.6 Å². The molecule has 3 aromatic carbocycles. The summed E-state index contributed by atoms with van der Waals surface area (Å²) < 4.78 is 28.9. The van der Waals surface area contributed by atoms with Crippen molar-refractivity contribution in [3.05, 3.63) is 94.0 Å². The van der Waals surface area contributed by atoms with Crippen molar-refractivity contribution in [3.63, 3.8) is 0 Å². The van der Waals surface area contributed by atoms with Crippen LogP contribution in [0.2, 0.25) is 10.0 Å². The molecule has 1 atom stereocenters. The molecule has 0 radical (unpaired) electrons. The third kappa shape index (κ3) is 7.61. The predicted octanol–water partition coefficient (Wildman–Crippen LogP) is 6.36. The van der Waals surface area contributed by atoms with Crippen LogP contribution >= 0.6 is 23.2 Å². The fourth-order valence-electron chi connectivity index (χ4n) is 5.07. The average Bonchev–Trinajstić information content (AvgIpc) is 3.47. The molecule has 41 heavy (non-hydrogen) atoms. The number of amides is 2. The van der Waals surface area contributed by atoms with Gasteiger partial charge in [0.15, 0.2) is 0 Å². The van der Waals surface area contributed by atoms with E-state index in [0.717, 1.165) is 41.1 Å². The molecule has 0 unspecified atom stereocenters. The summed E-state index contributed by atoms with van der Waals surface area (Å²) in [5, 5.41) is 3.53. The summed E-state index contributed by atoms with van der Waals surface area (Å²) in [5.74, 6) is -0.741. The summed E-state index contributed by atoms with van der Waals surface area (Å²) in [5.41, 5.74) is 1.92. The average molecular weight is 617 g/mol. The van der Waals surface area contributed by atoms with Gasteiger partial charge in [-0.05, 0) is 62.1 Å². The van der Waals surface area contributed by atoms with E-state index >= 15 is 0 Å². The van der Waals surface area contributed by atoms with Crippen LogP contribution in [0.1, 0.15) is 50.2 Å². The van der Waals surface area contributed by atoms with Crippen molar-refractivity contribution in [3.8, 4) is 0 Å². The van der Waals surface area contributed by atoms with E-state index in [1.807, 2.05) is 44.2 Å². The van der Waals surface area contributed by atoms with E-state index in [0.29, 0.717) is 6.42 Å². The lowest BCUT2D eigenvalue weighted by molar-refractivity contribution is -0.140. The number of benzene rings is 3. The number of nitrogens with one attached hydrogen (secondary N) is 1. The summed E-state index contributed by atoms with van der Waals surface area (Å²) in [6, 6.07) is 19.5. The van der Waals surface area contributed by atoms with Gasteiger partial charge < -0.3 is 10.2 Å². The van der Waals surface area contributed by atoms with Gasteiger partial charge in [0.25, 0.3) is 10.0 Å². The molecule has 2 amide bonds. The molecule has 1 N–H and O–H groups in total. The number of aryl methyl sites for hydroxylation is 1. The Balaban J connectivity index is 1.72. The highest BCUT2D eigenvalue weighted by atomic mass is 35.5. The van der Waals surface area contributed by atoms with E-state index in [1.54, 1.807) is 12.1 Å². The monoisotopic (exact) mass is 615 g/mol. The van der Waals surface area contributed by atoms with Crippen LogP contribution in [0, 0.1) is 6.92 Å². The third-order valence-corrected chi connectivity index (χ3v) is 9.89. The van der Waals surface area contributed by atoms with Crippen molar-refractivity contribution in [2.24, 2.45) is 0 Å². The van der Waals surface area contributed by atoms with Crippen molar-refractivity contribution in [2.75, 3.05) is 10.8 Å². The first-order valence-corrected chi connectivity index (χ1v) is 16.0. The molecule has 0 spiro atoms. The Kier molecular flexibility index (Phi) is 10.3. The number of nitrogens with zero attached hydrogens (tertiary/aromatic N) is 2. The molecular formula is C31H35Cl2N3O4S. The number of hydrogen-bond acceptors (Lipinski definition) is 4. The molecule has 1 saturated carbocycles. The highest BCUT2D eigenvalue weighted by Crippen LogP contribution is 2.31. The Bertz CT molecular complexity index is 1460. The second kappa shape index (κ2) is 13.7. The predicted molar refractivity (Wildman–Crippen MR) is 164 cm³/mol. The van der Waals surface area contributed by atoms with Crippen molar-refractivity contribution >= 4 is 50.7 Å². The van der Waals surface area contributed by atoms with Gasteiger partial charge in [0.05, 0.1) is 20.6 Å². The molecule has 1 aliphatic rings. The van der Waals surface area contributed by atoms with Crippen LogP contribution < -0.4 is 9.62 Å². The zero-order chi connectivity index (χ0) is 29.6. The lowest BCUT2D eigenvalue weighted by Gasteiger charge is -2.33. The van der Waals surface area contributed by atoms with Crippen LogP contribution in [0.4, 0.5) is 5.69 Å². The van der Waals surface area contributed by atoms with Gasteiger partial charge in [-0.3, -0.25) is 13.9 Å². The van der Waals surface area contributed by atoms with Gasteiger partial charge in [-0.25, -0.2) is 8.42 Å². The third-order valence-electron chi connectivity index (χ3n) is 7.36. The number of sulfonamides is 1. The Morgan fingerprint density at radius 3 is 2.22 bits per heavy atom. The first-order chi connectivity index (χ1) is 19.6. The van der Waals surface area contributed by atoms with Crippen LogP contribution in [-0.4, -0.2) is 43.8 Å². The van der Waals surface area contributed by atoms with Gasteiger partial charge >= 0.3 is 0 Å². The molecule has 0 bridgehead atoms. The number of hydrogen-bond donors (Lipinski definition) is 1. The fourth-order valence-corrected chi connectivity index (χ4v) is 6.77. The summed E-state index contributed by atoms with van der Waals surface area (Å²) in [6.45, 7) is 3.33. The highest BCUT2D eigenvalue weighted by molar-refractivity contribution is 7.92. The van der Waals surface area contributed by atoms with Crippen molar-refractivity contribution in [1.82, 2.24) is 10.2 Å². The largest absolute Gasteiger partial charge is 0.352 e. The van der Waals surface area contributed by atoms with Crippen LogP contribution in [-0.2, 0) is 26.2 Å². The van der Waals surface area contributed by atoms with Gasteiger partial charge in [-0.2, -0.15) is 0 Å².